The van der Waals surface area contributed by atoms with Crippen molar-refractivity contribution in [1.29, 1.82) is 0 Å². The van der Waals surface area contributed by atoms with Crippen LogP contribution in [-0.2, 0) is 6.54 Å². The molecule has 0 aliphatic carbocycles. The van der Waals surface area contributed by atoms with E-state index >= 15 is 0 Å². The Balaban J connectivity index is 2.55. The molecule has 0 saturated heterocycles. The van der Waals surface area contributed by atoms with Gasteiger partial charge in [0.1, 0.15) is 5.75 Å². The fourth-order valence-electron chi connectivity index (χ4n) is 2.21. The Hall–Kier alpha value is -0.770. The van der Waals surface area contributed by atoms with Gasteiger partial charge in [0.25, 0.3) is 0 Å². The van der Waals surface area contributed by atoms with E-state index in [1.54, 1.807) is 7.11 Å². The fourth-order valence-corrected chi connectivity index (χ4v) is 2.51. The lowest BCUT2D eigenvalue weighted by Crippen LogP contribution is -2.24. The number of benzene rings is 1. The molecule has 1 aliphatic heterocycles. The van der Waals surface area contributed by atoms with Crippen LogP contribution in [0.2, 0.25) is 5.02 Å². The number of hydrogen-bond donors (Lipinski definition) is 1. The largest absolute Gasteiger partial charge is 0.496 e. The first-order chi connectivity index (χ1) is 7.19. The topological polar surface area (TPSA) is 38.5 Å². The highest BCUT2D eigenvalue weighted by atomic mass is 35.5. The van der Waals surface area contributed by atoms with Gasteiger partial charge in [-0.1, -0.05) is 11.6 Å². The maximum atomic E-state index is 6.20. The number of fused-ring (bicyclic) bond motifs is 1. The van der Waals surface area contributed by atoms with Crippen LogP contribution in [0.3, 0.4) is 0 Å². The number of nitrogens with zero attached hydrogens (tertiary/aromatic N) is 1. The standard InChI is InChI=1S/C11H15ClN2O/c1-14-6-7-10(15-2)4-3-8(12)11(7)9(14)5-13/h3-4,9H,5-6,13H2,1-2H3. The molecule has 1 atom stereocenters. The van der Waals surface area contributed by atoms with E-state index in [2.05, 4.69) is 4.90 Å². The van der Waals surface area contributed by atoms with Crippen LogP contribution in [0.15, 0.2) is 12.1 Å². The first kappa shape index (κ1) is 10.7. The van der Waals surface area contributed by atoms with Crippen molar-refractivity contribution >= 4 is 11.6 Å². The van der Waals surface area contributed by atoms with Gasteiger partial charge in [-0.3, -0.25) is 4.90 Å². The second-order valence-corrected chi connectivity index (χ2v) is 4.22. The van der Waals surface area contributed by atoms with E-state index in [1.165, 1.54) is 5.56 Å². The molecule has 0 fully saturated rings. The molecule has 1 aromatic rings. The summed E-state index contributed by atoms with van der Waals surface area (Å²) in [5.74, 6) is 0.900. The fraction of sp³-hybridized carbons (Fsp3) is 0.455. The van der Waals surface area contributed by atoms with Gasteiger partial charge < -0.3 is 10.5 Å². The molecule has 1 unspecified atom stereocenters. The SMILES string of the molecule is COc1ccc(Cl)c2c1CN(C)C2CN. The predicted octanol–water partition coefficient (Wildman–Crippen LogP) is 1.79. The molecule has 0 aromatic heterocycles. The molecule has 2 rings (SSSR count). The van der Waals surface area contributed by atoms with Gasteiger partial charge in [0.2, 0.25) is 0 Å². The average Bonchev–Trinajstić information content (AvgIpc) is 2.56. The van der Waals surface area contributed by atoms with E-state index < -0.39 is 0 Å². The molecule has 1 heterocycles. The molecule has 82 valence electrons. The van der Waals surface area contributed by atoms with Gasteiger partial charge in [-0.05, 0) is 24.7 Å². The minimum atomic E-state index is 0.211. The molecule has 0 amide bonds. The van der Waals surface area contributed by atoms with Gasteiger partial charge in [-0.25, -0.2) is 0 Å². The number of likely N-dealkylation sites (N-methyl/N-ethyl adjacent to an activating group) is 1. The molecule has 0 spiro atoms. The summed E-state index contributed by atoms with van der Waals surface area (Å²) in [5, 5.41) is 0.783. The molecule has 2 N–H and O–H groups in total. The summed E-state index contributed by atoms with van der Waals surface area (Å²) in [5.41, 5.74) is 8.05. The van der Waals surface area contributed by atoms with E-state index in [-0.39, 0.29) is 6.04 Å². The lowest BCUT2D eigenvalue weighted by molar-refractivity contribution is 0.272. The Morgan fingerprint density at radius 2 is 2.33 bits per heavy atom. The predicted molar refractivity (Wildman–Crippen MR) is 61.3 cm³/mol. The number of nitrogens with two attached hydrogens (primary N) is 1. The van der Waals surface area contributed by atoms with E-state index in [9.17, 15) is 0 Å². The zero-order chi connectivity index (χ0) is 11.0. The maximum Gasteiger partial charge on any atom is 0.123 e. The number of rotatable bonds is 2. The van der Waals surface area contributed by atoms with Crippen molar-refractivity contribution in [2.75, 3.05) is 20.7 Å². The minimum absolute atomic E-state index is 0.211. The van der Waals surface area contributed by atoms with Gasteiger partial charge in [0.15, 0.2) is 0 Å². The molecule has 0 bridgehead atoms. The monoisotopic (exact) mass is 226 g/mol. The van der Waals surface area contributed by atoms with E-state index in [0.29, 0.717) is 6.54 Å². The summed E-state index contributed by atoms with van der Waals surface area (Å²) >= 11 is 6.20. The van der Waals surface area contributed by atoms with Crippen molar-refractivity contribution in [1.82, 2.24) is 4.90 Å². The van der Waals surface area contributed by atoms with Crippen molar-refractivity contribution < 1.29 is 4.74 Å². The van der Waals surface area contributed by atoms with E-state index in [1.807, 2.05) is 19.2 Å². The number of ether oxygens (including phenoxy) is 1. The van der Waals surface area contributed by atoms with Crippen LogP contribution in [0.1, 0.15) is 17.2 Å². The Kier molecular flexibility index (Phi) is 2.87. The van der Waals surface area contributed by atoms with Crippen LogP contribution >= 0.6 is 11.6 Å². The number of halogens is 1. The number of hydrogen-bond acceptors (Lipinski definition) is 3. The van der Waals surface area contributed by atoms with Gasteiger partial charge in [0, 0.05) is 29.7 Å². The third-order valence-corrected chi connectivity index (χ3v) is 3.31. The van der Waals surface area contributed by atoms with Crippen LogP contribution in [0.4, 0.5) is 0 Å². The Bertz CT molecular complexity index is 381. The molecule has 3 nitrogen and oxygen atoms in total. The Morgan fingerprint density at radius 1 is 1.60 bits per heavy atom. The molecular formula is C11H15ClN2O. The lowest BCUT2D eigenvalue weighted by Gasteiger charge is -2.18. The highest BCUT2D eigenvalue weighted by Crippen LogP contribution is 2.41. The van der Waals surface area contributed by atoms with Gasteiger partial charge in [-0.15, -0.1) is 0 Å². The van der Waals surface area contributed by atoms with Gasteiger partial charge in [-0.2, -0.15) is 0 Å². The van der Waals surface area contributed by atoms with Crippen molar-refractivity contribution in [2.24, 2.45) is 5.73 Å². The average molecular weight is 227 g/mol. The molecule has 15 heavy (non-hydrogen) atoms. The lowest BCUT2D eigenvalue weighted by atomic mass is 10.0. The summed E-state index contributed by atoms with van der Waals surface area (Å²) in [6.45, 7) is 1.43. The number of methoxy groups -OCH3 is 1. The molecular weight excluding hydrogens is 212 g/mol. The van der Waals surface area contributed by atoms with Crippen LogP contribution < -0.4 is 10.5 Å². The summed E-state index contributed by atoms with van der Waals surface area (Å²) in [7, 11) is 3.73. The van der Waals surface area contributed by atoms with E-state index in [4.69, 9.17) is 22.1 Å². The van der Waals surface area contributed by atoms with Crippen molar-refractivity contribution in [3.8, 4) is 5.75 Å². The van der Waals surface area contributed by atoms with Crippen molar-refractivity contribution in [3.05, 3.63) is 28.3 Å². The second-order valence-electron chi connectivity index (χ2n) is 3.81. The van der Waals surface area contributed by atoms with E-state index in [0.717, 1.165) is 22.9 Å². The van der Waals surface area contributed by atoms with Crippen LogP contribution in [-0.4, -0.2) is 25.6 Å². The Labute approximate surface area is 94.8 Å². The van der Waals surface area contributed by atoms with Crippen LogP contribution in [0.5, 0.6) is 5.75 Å². The first-order valence-corrected chi connectivity index (χ1v) is 5.32. The third kappa shape index (κ3) is 1.61. The van der Waals surface area contributed by atoms with Gasteiger partial charge >= 0.3 is 0 Å². The maximum absolute atomic E-state index is 6.20. The molecule has 4 heteroatoms. The minimum Gasteiger partial charge on any atom is -0.496 e. The molecule has 1 aromatic carbocycles. The normalized spacial score (nSPS) is 20.4. The third-order valence-electron chi connectivity index (χ3n) is 2.98. The molecule has 0 radical (unpaired) electrons. The first-order valence-electron chi connectivity index (χ1n) is 4.94. The van der Waals surface area contributed by atoms with Crippen molar-refractivity contribution in [2.45, 2.75) is 12.6 Å². The zero-order valence-electron chi connectivity index (χ0n) is 8.96. The molecule has 0 saturated carbocycles. The zero-order valence-corrected chi connectivity index (χ0v) is 9.71. The quantitative estimate of drug-likeness (QED) is 0.836. The smallest absolute Gasteiger partial charge is 0.123 e. The van der Waals surface area contributed by atoms with Gasteiger partial charge in [0.05, 0.1) is 7.11 Å². The highest BCUT2D eigenvalue weighted by Gasteiger charge is 2.30. The summed E-state index contributed by atoms with van der Waals surface area (Å²) < 4.78 is 5.33. The van der Waals surface area contributed by atoms with Crippen molar-refractivity contribution in [3.63, 3.8) is 0 Å². The summed E-state index contributed by atoms with van der Waals surface area (Å²) in [6, 6.07) is 4.00. The second kappa shape index (κ2) is 4.00. The Morgan fingerprint density at radius 3 is 2.93 bits per heavy atom. The van der Waals surface area contributed by atoms with Crippen LogP contribution in [0.25, 0.3) is 0 Å². The highest BCUT2D eigenvalue weighted by molar-refractivity contribution is 6.31. The molecule has 1 aliphatic rings. The summed E-state index contributed by atoms with van der Waals surface area (Å²) in [6.07, 6.45) is 0. The summed E-state index contributed by atoms with van der Waals surface area (Å²) in [4.78, 5) is 2.19. The van der Waals surface area contributed by atoms with Crippen LogP contribution in [0, 0.1) is 0 Å².